The lowest BCUT2D eigenvalue weighted by molar-refractivity contribution is 0.103. The second kappa shape index (κ2) is 5.40. The SMILES string of the molecule is COc1cc(C(=O)c2cn(C)c(=O)n(C)c2=O)ccc1C. The molecule has 1 aromatic carbocycles. The van der Waals surface area contributed by atoms with Crippen molar-refractivity contribution in [3.05, 3.63) is 61.9 Å². The fourth-order valence-electron chi connectivity index (χ4n) is 2.08. The Bertz CT molecular complexity index is 831. The molecule has 2 aromatic rings. The first-order valence-electron chi connectivity index (χ1n) is 6.32. The third kappa shape index (κ3) is 2.52. The van der Waals surface area contributed by atoms with E-state index in [9.17, 15) is 14.4 Å². The van der Waals surface area contributed by atoms with Crippen molar-refractivity contribution in [3.63, 3.8) is 0 Å². The van der Waals surface area contributed by atoms with E-state index in [1.54, 1.807) is 18.2 Å². The van der Waals surface area contributed by atoms with Gasteiger partial charge in [0.15, 0.2) is 5.78 Å². The summed E-state index contributed by atoms with van der Waals surface area (Å²) in [5.41, 5.74) is 0.0989. The molecular formula is C15H16N2O4. The quantitative estimate of drug-likeness (QED) is 0.777. The van der Waals surface area contributed by atoms with E-state index < -0.39 is 17.0 Å². The Morgan fingerprint density at radius 3 is 2.48 bits per heavy atom. The Hall–Kier alpha value is -2.63. The van der Waals surface area contributed by atoms with Crippen molar-refractivity contribution in [1.29, 1.82) is 0 Å². The second-order valence-electron chi connectivity index (χ2n) is 4.81. The lowest BCUT2D eigenvalue weighted by Gasteiger charge is -2.08. The molecule has 2 rings (SSSR count). The van der Waals surface area contributed by atoms with Gasteiger partial charge in [-0.3, -0.25) is 14.2 Å². The largest absolute Gasteiger partial charge is 0.496 e. The lowest BCUT2D eigenvalue weighted by Crippen LogP contribution is -2.39. The molecule has 0 amide bonds. The number of ether oxygens (including phenoxy) is 1. The van der Waals surface area contributed by atoms with Gasteiger partial charge in [-0.05, 0) is 18.6 Å². The molecule has 0 spiro atoms. The van der Waals surface area contributed by atoms with Gasteiger partial charge in [0.1, 0.15) is 11.3 Å². The van der Waals surface area contributed by atoms with Crippen LogP contribution in [-0.2, 0) is 14.1 Å². The van der Waals surface area contributed by atoms with Crippen LogP contribution in [0, 0.1) is 6.92 Å². The van der Waals surface area contributed by atoms with E-state index in [0.717, 1.165) is 10.1 Å². The molecule has 0 atom stereocenters. The smallest absolute Gasteiger partial charge is 0.330 e. The highest BCUT2D eigenvalue weighted by Gasteiger charge is 2.17. The zero-order valence-corrected chi connectivity index (χ0v) is 12.3. The first kappa shape index (κ1) is 14.8. The van der Waals surface area contributed by atoms with Crippen LogP contribution in [0.3, 0.4) is 0 Å². The van der Waals surface area contributed by atoms with Crippen LogP contribution in [0.25, 0.3) is 0 Å². The summed E-state index contributed by atoms with van der Waals surface area (Å²) in [6.45, 7) is 1.86. The first-order valence-corrected chi connectivity index (χ1v) is 6.32. The van der Waals surface area contributed by atoms with Gasteiger partial charge >= 0.3 is 5.69 Å². The van der Waals surface area contributed by atoms with E-state index in [2.05, 4.69) is 0 Å². The highest BCUT2D eigenvalue weighted by Crippen LogP contribution is 2.20. The number of ketones is 1. The van der Waals surface area contributed by atoms with Crippen molar-refractivity contribution >= 4 is 5.78 Å². The van der Waals surface area contributed by atoms with Gasteiger partial charge in [-0.25, -0.2) is 4.79 Å². The minimum atomic E-state index is -0.609. The number of aromatic nitrogens is 2. The molecule has 0 saturated heterocycles. The Kier molecular flexibility index (Phi) is 3.80. The van der Waals surface area contributed by atoms with Crippen molar-refractivity contribution in [1.82, 2.24) is 9.13 Å². The second-order valence-corrected chi connectivity index (χ2v) is 4.81. The molecule has 0 aliphatic heterocycles. The summed E-state index contributed by atoms with van der Waals surface area (Å²) in [7, 11) is 4.35. The molecule has 0 unspecified atom stereocenters. The zero-order valence-electron chi connectivity index (χ0n) is 12.3. The topological polar surface area (TPSA) is 70.3 Å². The molecule has 6 heteroatoms. The summed E-state index contributed by atoms with van der Waals surface area (Å²) < 4.78 is 7.30. The lowest BCUT2D eigenvalue weighted by atomic mass is 10.0. The Morgan fingerprint density at radius 2 is 1.86 bits per heavy atom. The number of hydrogen-bond donors (Lipinski definition) is 0. The van der Waals surface area contributed by atoms with Gasteiger partial charge < -0.3 is 9.30 Å². The van der Waals surface area contributed by atoms with Crippen molar-refractivity contribution in [2.75, 3.05) is 7.11 Å². The van der Waals surface area contributed by atoms with Crippen LogP contribution in [0.2, 0.25) is 0 Å². The molecule has 1 heterocycles. The highest BCUT2D eigenvalue weighted by molar-refractivity contribution is 6.08. The minimum absolute atomic E-state index is 0.0505. The molecule has 1 aromatic heterocycles. The van der Waals surface area contributed by atoms with Gasteiger partial charge in [0, 0.05) is 25.9 Å². The minimum Gasteiger partial charge on any atom is -0.496 e. The van der Waals surface area contributed by atoms with Gasteiger partial charge in [-0.2, -0.15) is 0 Å². The molecule has 0 N–H and O–H groups in total. The summed E-state index contributed by atoms with van der Waals surface area (Å²) in [6, 6.07) is 4.96. The highest BCUT2D eigenvalue weighted by atomic mass is 16.5. The van der Waals surface area contributed by atoms with Crippen molar-refractivity contribution < 1.29 is 9.53 Å². The van der Waals surface area contributed by atoms with Crippen LogP contribution in [0.1, 0.15) is 21.5 Å². The van der Waals surface area contributed by atoms with Gasteiger partial charge in [0.2, 0.25) is 0 Å². The molecule has 0 bridgehead atoms. The Labute approximate surface area is 121 Å². The number of aryl methyl sites for hydroxylation is 2. The average Bonchev–Trinajstić information content (AvgIpc) is 2.48. The maximum atomic E-state index is 12.5. The molecule has 21 heavy (non-hydrogen) atoms. The Balaban J connectivity index is 2.61. The Morgan fingerprint density at radius 1 is 1.19 bits per heavy atom. The van der Waals surface area contributed by atoms with E-state index in [1.165, 1.54) is 32.0 Å². The monoisotopic (exact) mass is 288 g/mol. The van der Waals surface area contributed by atoms with Crippen LogP contribution >= 0.6 is 0 Å². The van der Waals surface area contributed by atoms with Gasteiger partial charge in [0.25, 0.3) is 5.56 Å². The standard InChI is InChI=1S/C15H16N2O4/c1-9-5-6-10(7-12(9)21-4)13(18)11-8-16(2)15(20)17(3)14(11)19/h5-8H,1-4H3. The fraction of sp³-hybridized carbons (Fsp3) is 0.267. The summed E-state index contributed by atoms with van der Waals surface area (Å²) in [5.74, 6) is 0.131. The van der Waals surface area contributed by atoms with Crippen molar-refractivity contribution in [3.8, 4) is 5.75 Å². The number of rotatable bonds is 3. The number of nitrogens with zero attached hydrogens (tertiary/aromatic N) is 2. The summed E-state index contributed by atoms with van der Waals surface area (Å²) >= 11 is 0. The first-order chi connectivity index (χ1) is 9.86. The number of carbonyl (C=O) groups excluding carboxylic acids is 1. The van der Waals surface area contributed by atoms with Crippen LogP contribution in [0.4, 0.5) is 0 Å². The van der Waals surface area contributed by atoms with Crippen molar-refractivity contribution in [2.45, 2.75) is 6.92 Å². The van der Waals surface area contributed by atoms with Crippen LogP contribution in [-0.4, -0.2) is 22.0 Å². The third-order valence-corrected chi connectivity index (χ3v) is 3.36. The average molecular weight is 288 g/mol. The summed E-state index contributed by atoms with van der Waals surface area (Å²) in [4.78, 5) is 36.2. The molecule has 0 radical (unpaired) electrons. The molecule has 0 fully saturated rings. The van der Waals surface area contributed by atoms with Gasteiger partial charge in [0.05, 0.1) is 7.11 Å². The summed E-state index contributed by atoms with van der Waals surface area (Å²) in [5, 5.41) is 0. The van der Waals surface area contributed by atoms with Crippen molar-refractivity contribution in [2.24, 2.45) is 14.1 Å². The molecule has 6 nitrogen and oxygen atoms in total. The number of methoxy groups -OCH3 is 1. The predicted molar refractivity (Wildman–Crippen MR) is 78.1 cm³/mol. The van der Waals surface area contributed by atoms with Gasteiger partial charge in [-0.15, -0.1) is 0 Å². The number of carbonyl (C=O) groups is 1. The molecule has 110 valence electrons. The maximum Gasteiger partial charge on any atom is 0.330 e. The van der Waals surface area contributed by atoms with E-state index in [4.69, 9.17) is 4.74 Å². The molecule has 0 aliphatic carbocycles. The number of benzene rings is 1. The zero-order chi connectivity index (χ0) is 15.7. The summed E-state index contributed by atoms with van der Waals surface area (Å²) in [6.07, 6.45) is 1.26. The van der Waals surface area contributed by atoms with Crippen LogP contribution in [0.15, 0.2) is 34.0 Å². The van der Waals surface area contributed by atoms with Crippen LogP contribution in [0.5, 0.6) is 5.75 Å². The maximum absolute atomic E-state index is 12.5. The van der Waals surface area contributed by atoms with E-state index in [-0.39, 0.29) is 5.56 Å². The van der Waals surface area contributed by atoms with E-state index in [0.29, 0.717) is 11.3 Å². The van der Waals surface area contributed by atoms with E-state index >= 15 is 0 Å². The molecular weight excluding hydrogens is 272 g/mol. The van der Waals surface area contributed by atoms with Crippen LogP contribution < -0.4 is 16.0 Å². The normalized spacial score (nSPS) is 10.5. The third-order valence-electron chi connectivity index (χ3n) is 3.36. The number of hydrogen-bond acceptors (Lipinski definition) is 4. The predicted octanol–water partition coefficient (Wildman–Crippen LogP) is 0.632. The molecule has 0 saturated carbocycles. The fourth-order valence-corrected chi connectivity index (χ4v) is 2.08. The van der Waals surface area contributed by atoms with Gasteiger partial charge in [-0.1, -0.05) is 12.1 Å². The van der Waals surface area contributed by atoms with E-state index in [1.807, 2.05) is 6.92 Å². The molecule has 0 aliphatic rings.